The number of amides is 2. The summed E-state index contributed by atoms with van der Waals surface area (Å²) < 4.78 is 96.2. The number of carbonyl (C=O) groups is 2. The zero-order valence-electron chi connectivity index (χ0n) is 26.8. The molecule has 1 aromatic heterocycles. The van der Waals surface area contributed by atoms with E-state index in [-0.39, 0.29) is 53.7 Å². The summed E-state index contributed by atoms with van der Waals surface area (Å²) in [5.74, 6) is -2.19. The normalized spacial score (nSPS) is 26.4. The number of aromatic nitrogens is 1. The highest BCUT2D eigenvalue weighted by molar-refractivity contribution is 7.22. The number of methoxy groups -OCH3 is 1. The molecule has 4 fully saturated rings. The van der Waals surface area contributed by atoms with Crippen LogP contribution in [0.5, 0.6) is 17.2 Å². The fraction of sp³-hybridized carbons (Fsp3) is 0.545. The van der Waals surface area contributed by atoms with Crippen molar-refractivity contribution in [1.82, 2.24) is 10.3 Å². The molecule has 50 heavy (non-hydrogen) atoms. The molecule has 17 heteroatoms. The average Bonchev–Trinajstić information content (AvgIpc) is 3.62. The van der Waals surface area contributed by atoms with Crippen LogP contribution in [0.25, 0.3) is 10.2 Å². The maximum atomic E-state index is 14.1. The van der Waals surface area contributed by atoms with E-state index in [9.17, 15) is 31.5 Å². The van der Waals surface area contributed by atoms with E-state index in [0.29, 0.717) is 16.6 Å². The van der Waals surface area contributed by atoms with E-state index >= 15 is 0 Å². The predicted molar refractivity (Wildman–Crippen MR) is 169 cm³/mol. The molecule has 4 saturated heterocycles. The van der Waals surface area contributed by atoms with Crippen molar-refractivity contribution in [3.05, 3.63) is 35.4 Å². The van der Waals surface area contributed by atoms with Gasteiger partial charge < -0.3 is 39.2 Å². The number of anilines is 2. The molecule has 3 atom stereocenters. The first-order valence-corrected chi connectivity index (χ1v) is 17.2. The van der Waals surface area contributed by atoms with Crippen LogP contribution in [0.1, 0.15) is 65.7 Å². The molecule has 2 aromatic carbocycles. The number of nitrogens with zero attached hydrogens (tertiary/aromatic N) is 2. The molecule has 8 rings (SSSR count). The summed E-state index contributed by atoms with van der Waals surface area (Å²) in [7, 11) is 1.40. The lowest BCUT2D eigenvalue weighted by Gasteiger charge is -2.52. The van der Waals surface area contributed by atoms with E-state index in [2.05, 4.69) is 25.0 Å². The Bertz CT molecular complexity index is 1860. The maximum absolute atomic E-state index is 14.1. The van der Waals surface area contributed by atoms with Gasteiger partial charge >= 0.3 is 12.5 Å². The first kappa shape index (κ1) is 33.2. The van der Waals surface area contributed by atoms with Crippen molar-refractivity contribution in [2.75, 3.05) is 43.6 Å². The number of fused-ring (bicyclic) bond motifs is 4. The highest BCUT2D eigenvalue weighted by atomic mass is 32.1. The minimum absolute atomic E-state index is 0.0148. The molecule has 1 spiro atoms. The molecule has 2 bridgehead atoms. The van der Waals surface area contributed by atoms with E-state index in [1.165, 1.54) is 18.4 Å². The van der Waals surface area contributed by atoms with E-state index in [1.54, 1.807) is 12.1 Å². The first-order valence-electron chi connectivity index (χ1n) is 16.4. The molecule has 2 amide bonds. The number of hydrogen-bond donors (Lipinski definition) is 2. The number of ether oxygens (including phenoxy) is 5. The highest BCUT2D eigenvalue weighted by Gasteiger charge is 2.60. The summed E-state index contributed by atoms with van der Waals surface area (Å²) in [6.45, 7) is 3.08. The van der Waals surface area contributed by atoms with E-state index in [4.69, 9.17) is 19.2 Å². The van der Waals surface area contributed by atoms with Crippen LogP contribution in [0.3, 0.4) is 0 Å². The average molecular weight is 725 g/mol. The summed E-state index contributed by atoms with van der Waals surface area (Å²) >= 11 is 1.31. The molecule has 268 valence electrons. The van der Waals surface area contributed by atoms with E-state index in [1.807, 2.05) is 0 Å². The number of hydrogen-bond acceptors (Lipinski definition) is 10. The molecule has 6 heterocycles. The molecular weight excluding hydrogens is 691 g/mol. The van der Waals surface area contributed by atoms with Crippen molar-refractivity contribution in [3.8, 4) is 17.2 Å². The Morgan fingerprint density at radius 1 is 1.02 bits per heavy atom. The van der Waals surface area contributed by atoms with Crippen molar-refractivity contribution in [3.63, 3.8) is 0 Å². The van der Waals surface area contributed by atoms with Gasteiger partial charge in [0.15, 0.2) is 22.2 Å². The molecule has 3 unspecified atom stereocenters. The number of carbonyl (C=O) groups excluding carboxylic acids is 2. The zero-order valence-corrected chi connectivity index (χ0v) is 27.6. The number of thiazole rings is 1. The first-order chi connectivity index (χ1) is 23.8. The molecule has 2 N–H and O–H groups in total. The van der Waals surface area contributed by atoms with Gasteiger partial charge in [0.05, 0.1) is 40.7 Å². The van der Waals surface area contributed by atoms with Gasteiger partial charge in [-0.25, -0.2) is 4.98 Å². The number of benzene rings is 2. The minimum atomic E-state index is -4.56. The van der Waals surface area contributed by atoms with Crippen LogP contribution < -0.4 is 29.7 Å². The summed E-state index contributed by atoms with van der Waals surface area (Å²) in [4.78, 5) is 34.7. The Balaban J connectivity index is 1.08. The van der Waals surface area contributed by atoms with Gasteiger partial charge in [-0.2, -0.15) is 13.2 Å². The van der Waals surface area contributed by atoms with Crippen LogP contribution in [-0.2, 0) is 9.47 Å². The Hall–Kier alpha value is -3.96. The van der Waals surface area contributed by atoms with E-state index < -0.39 is 53.5 Å². The van der Waals surface area contributed by atoms with Gasteiger partial charge in [-0.1, -0.05) is 11.3 Å². The van der Waals surface area contributed by atoms with Gasteiger partial charge in [0.2, 0.25) is 0 Å². The molecule has 0 radical (unpaired) electrons. The van der Waals surface area contributed by atoms with Crippen molar-refractivity contribution < 1.29 is 55.2 Å². The summed E-state index contributed by atoms with van der Waals surface area (Å²) in [5, 5.41) is 6.11. The van der Waals surface area contributed by atoms with Crippen LogP contribution in [0.15, 0.2) is 24.3 Å². The van der Waals surface area contributed by atoms with Crippen LogP contribution in [-0.4, -0.2) is 80.4 Å². The van der Waals surface area contributed by atoms with Gasteiger partial charge in [0.1, 0.15) is 11.3 Å². The van der Waals surface area contributed by atoms with Crippen LogP contribution in [0, 0.1) is 5.41 Å². The monoisotopic (exact) mass is 724 g/mol. The lowest BCUT2D eigenvalue weighted by Crippen LogP contribution is -2.61. The number of rotatable bonds is 6. The Labute approximate surface area is 286 Å². The lowest BCUT2D eigenvalue weighted by atomic mass is 9.74. The fourth-order valence-electron chi connectivity index (χ4n) is 7.77. The molecule has 11 nitrogen and oxygen atoms in total. The van der Waals surface area contributed by atoms with Crippen LogP contribution in [0.2, 0.25) is 0 Å². The molecule has 3 aromatic rings. The molecule has 0 saturated carbocycles. The number of alkyl halides is 5. The van der Waals surface area contributed by atoms with Crippen LogP contribution in [0.4, 0.5) is 32.8 Å². The third kappa shape index (κ3) is 5.66. The lowest BCUT2D eigenvalue weighted by molar-refractivity contribution is -0.321. The quantitative estimate of drug-likeness (QED) is 0.284. The standard InChI is InChI=1S/C33H33F5N4O7S/c1-45-22-5-4-19-26(50-29(41-19)42-15-30(16-42)9-11-46-12-10-30)25(22)28(44)40-20-14-24-23(48-33(37,38)49-24)13-17(20)27(43)39-18-6-8-31(32(34,35)36)7-2-3-21(18)47-31/h4-5,13-14,18,21H,2-3,6-12,15-16H2,1H3,(H,39,43)(H,40,44). The third-order valence-electron chi connectivity index (χ3n) is 10.5. The van der Waals surface area contributed by atoms with Crippen molar-refractivity contribution in [2.24, 2.45) is 5.41 Å². The van der Waals surface area contributed by atoms with Crippen LogP contribution >= 0.6 is 11.3 Å². The Kier molecular flexibility index (Phi) is 7.84. The Morgan fingerprint density at radius 3 is 2.48 bits per heavy atom. The number of halogens is 5. The van der Waals surface area contributed by atoms with Gasteiger partial charge in [0.25, 0.3) is 11.8 Å². The van der Waals surface area contributed by atoms with Crippen molar-refractivity contribution in [1.29, 1.82) is 0 Å². The van der Waals surface area contributed by atoms with Crippen molar-refractivity contribution in [2.45, 2.75) is 75.2 Å². The summed E-state index contributed by atoms with van der Waals surface area (Å²) in [5.41, 5.74) is -1.86. The van der Waals surface area contributed by atoms with Crippen molar-refractivity contribution >= 4 is 44.2 Å². The van der Waals surface area contributed by atoms with Gasteiger partial charge in [-0.15, -0.1) is 8.78 Å². The second kappa shape index (κ2) is 11.8. The number of nitrogens with one attached hydrogen (secondary N) is 2. The second-order valence-corrected chi connectivity index (χ2v) is 14.6. The molecule has 5 aliphatic rings. The summed E-state index contributed by atoms with van der Waals surface area (Å²) in [6.07, 6.45) is -7.52. The maximum Gasteiger partial charge on any atom is 0.586 e. The largest absolute Gasteiger partial charge is 0.586 e. The Morgan fingerprint density at radius 2 is 1.76 bits per heavy atom. The van der Waals surface area contributed by atoms with Gasteiger partial charge in [-0.3, -0.25) is 9.59 Å². The molecule has 5 aliphatic heterocycles. The van der Waals surface area contributed by atoms with Gasteiger partial charge in [-0.05, 0) is 63.1 Å². The van der Waals surface area contributed by atoms with E-state index in [0.717, 1.165) is 56.4 Å². The molecule has 0 aliphatic carbocycles. The third-order valence-corrected chi connectivity index (χ3v) is 11.6. The second-order valence-electron chi connectivity index (χ2n) is 13.6. The SMILES string of the molecule is COc1ccc2nc(N3CC4(CCOCC4)C3)sc2c1C(=O)Nc1cc2c(cc1C(=O)NC1CCC3(C(F)(F)F)CCCC1O3)OC(F)(F)O2. The minimum Gasteiger partial charge on any atom is -0.496 e. The fourth-order valence-corrected chi connectivity index (χ4v) is 8.87. The molecular formula is C33H33F5N4O7S. The highest BCUT2D eigenvalue weighted by Crippen LogP contribution is 2.50. The predicted octanol–water partition coefficient (Wildman–Crippen LogP) is 6.26. The topological polar surface area (TPSA) is 120 Å². The van der Waals surface area contributed by atoms with Gasteiger partial charge in [0, 0.05) is 37.8 Å². The summed E-state index contributed by atoms with van der Waals surface area (Å²) in [6, 6.07) is 4.60. The zero-order chi connectivity index (χ0) is 35.1. The smallest absolute Gasteiger partial charge is 0.496 e.